The molecular weight excluding hydrogens is 309 g/mol. The van der Waals surface area contributed by atoms with E-state index in [9.17, 15) is 17.6 Å². The van der Waals surface area contributed by atoms with E-state index < -0.39 is 21.9 Å². The van der Waals surface area contributed by atoms with Crippen LogP contribution >= 0.6 is 0 Å². The molecule has 0 aliphatic carbocycles. The number of para-hydroxylation sites is 1. The number of benzene rings is 1. The first kappa shape index (κ1) is 16.9. The van der Waals surface area contributed by atoms with Crippen molar-refractivity contribution < 1.29 is 17.6 Å². The Hall–Kier alpha value is -1.51. The molecule has 6 nitrogen and oxygen atoms in total. The van der Waals surface area contributed by atoms with Crippen molar-refractivity contribution in [2.24, 2.45) is 5.92 Å². The number of carbonyl (C=O) groups excluding carboxylic acids is 1. The SMILES string of the molecule is CN(C)S(=O)(=O)N1CCC[C@@H](C(=O)Nc2ccccc2F)C1. The van der Waals surface area contributed by atoms with Gasteiger partial charge in [0, 0.05) is 27.2 Å². The van der Waals surface area contributed by atoms with Gasteiger partial charge in [-0.2, -0.15) is 17.0 Å². The van der Waals surface area contributed by atoms with Crippen LogP contribution < -0.4 is 5.32 Å². The lowest BCUT2D eigenvalue weighted by Crippen LogP contribution is -2.47. The van der Waals surface area contributed by atoms with Crippen LogP contribution in [0.15, 0.2) is 24.3 Å². The maximum absolute atomic E-state index is 13.6. The number of nitrogens with one attached hydrogen (secondary N) is 1. The van der Waals surface area contributed by atoms with Crippen LogP contribution in [0.5, 0.6) is 0 Å². The van der Waals surface area contributed by atoms with E-state index in [-0.39, 0.29) is 18.1 Å². The molecule has 2 rings (SSSR count). The smallest absolute Gasteiger partial charge is 0.281 e. The van der Waals surface area contributed by atoms with Gasteiger partial charge in [-0.25, -0.2) is 4.39 Å². The molecule has 22 heavy (non-hydrogen) atoms. The first-order valence-corrected chi connectivity index (χ1v) is 8.45. The third-order valence-corrected chi connectivity index (χ3v) is 5.58. The van der Waals surface area contributed by atoms with Crippen LogP contribution in [0.2, 0.25) is 0 Å². The van der Waals surface area contributed by atoms with E-state index in [1.54, 1.807) is 6.07 Å². The molecule has 8 heteroatoms. The second kappa shape index (κ2) is 6.72. The molecule has 1 aliphatic rings. The number of piperidine rings is 1. The highest BCUT2D eigenvalue weighted by Gasteiger charge is 2.33. The van der Waals surface area contributed by atoms with Crippen molar-refractivity contribution in [3.05, 3.63) is 30.1 Å². The number of hydrogen-bond acceptors (Lipinski definition) is 3. The molecule has 1 aliphatic heterocycles. The molecule has 0 unspecified atom stereocenters. The molecule has 0 aromatic heterocycles. The summed E-state index contributed by atoms with van der Waals surface area (Å²) < 4.78 is 40.2. The molecule has 1 heterocycles. The van der Waals surface area contributed by atoms with Gasteiger partial charge in [0.15, 0.2) is 0 Å². The Morgan fingerprint density at radius 1 is 1.36 bits per heavy atom. The third-order valence-electron chi connectivity index (χ3n) is 3.67. The van der Waals surface area contributed by atoms with Gasteiger partial charge >= 0.3 is 0 Å². The maximum Gasteiger partial charge on any atom is 0.281 e. The van der Waals surface area contributed by atoms with Crippen LogP contribution in [-0.4, -0.2) is 50.1 Å². The van der Waals surface area contributed by atoms with Gasteiger partial charge in [0.1, 0.15) is 5.82 Å². The second-order valence-corrected chi connectivity index (χ2v) is 7.60. The Kier molecular flexibility index (Phi) is 5.15. The van der Waals surface area contributed by atoms with Gasteiger partial charge in [0.2, 0.25) is 5.91 Å². The summed E-state index contributed by atoms with van der Waals surface area (Å²) in [4.78, 5) is 12.2. The molecule has 0 radical (unpaired) electrons. The van der Waals surface area contributed by atoms with Gasteiger partial charge in [-0.3, -0.25) is 4.79 Å². The van der Waals surface area contributed by atoms with E-state index in [2.05, 4.69) is 5.32 Å². The third kappa shape index (κ3) is 3.63. The summed E-state index contributed by atoms with van der Waals surface area (Å²) in [5.74, 6) is -1.35. The van der Waals surface area contributed by atoms with Crippen molar-refractivity contribution in [3.63, 3.8) is 0 Å². The lowest BCUT2D eigenvalue weighted by molar-refractivity contribution is -0.120. The molecule has 1 N–H and O–H groups in total. The van der Waals surface area contributed by atoms with Crippen LogP contribution in [0.3, 0.4) is 0 Å². The van der Waals surface area contributed by atoms with Crippen molar-refractivity contribution in [3.8, 4) is 0 Å². The number of halogens is 1. The summed E-state index contributed by atoms with van der Waals surface area (Å²) in [6, 6.07) is 5.91. The van der Waals surface area contributed by atoms with Crippen LogP contribution in [0.1, 0.15) is 12.8 Å². The zero-order valence-electron chi connectivity index (χ0n) is 12.6. The van der Waals surface area contributed by atoms with Gasteiger partial charge in [-0.1, -0.05) is 12.1 Å². The van der Waals surface area contributed by atoms with Crippen molar-refractivity contribution in [2.75, 3.05) is 32.5 Å². The van der Waals surface area contributed by atoms with E-state index >= 15 is 0 Å². The summed E-state index contributed by atoms with van der Waals surface area (Å²) >= 11 is 0. The minimum Gasteiger partial charge on any atom is -0.323 e. The van der Waals surface area contributed by atoms with E-state index in [0.717, 1.165) is 4.31 Å². The average Bonchev–Trinajstić information content (AvgIpc) is 2.49. The lowest BCUT2D eigenvalue weighted by Gasteiger charge is -2.32. The molecule has 0 saturated carbocycles. The summed E-state index contributed by atoms with van der Waals surface area (Å²) in [5.41, 5.74) is 0.111. The summed E-state index contributed by atoms with van der Waals surface area (Å²) in [6.45, 7) is 0.505. The molecule has 1 atom stereocenters. The Morgan fingerprint density at radius 3 is 2.68 bits per heavy atom. The van der Waals surface area contributed by atoms with E-state index in [1.165, 1.54) is 36.6 Å². The highest BCUT2D eigenvalue weighted by molar-refractivity contribution is 7.86. The fraction of sp³-hybridized carbons (Fsp3) is 0.500. The second-order valence-electron chi connectivity index (χ2n) is 5.46. The normalized spacial score (nSPS) is 20.1. The Bertz CT molecular complexity index is 648. The average molecular weight is 329 g/mol. The van der Waals surface area contributed by atoms with Crippen molar-refractivity contribution >= 4 is 21.8 Å². The number of amides is 1. The summed E-state index contributed by atoms with van der Waals surface area (Å²) in [5, 5.41) is 2.53. The van der Waals surface area contributed by atoms with Gasteiger partial charge in [-0.05, 0) is 25.0 Å². The largest absolute Gasteiger partial charge is 0.323 e. The molecule has 1 amide bonds. The van der Waals surface area contributed by atoms with Gasteiger partial charge in [0.25, 0.3) is 10.2 Å². The molecule has 1 aromatic rings. The molecule has 122 valence electrons. The predicted octanol–water partition coefficient (Wildman–Crippen LogP) is 1.28. The van der Waals surface area contributed by atoms with E-state index in [1.807, 2.05) is 0 Å². The topological polar surface area (TPSA) is 69.7 Å². The van der Waals surface area contributed by atoms with Crippen LogP contribution in [0.25, 0.3) is 0 Å². The van der Waals surface area contributed by atoms with Crippen LogP contribution in [-0.2, 0) is 15.0 Å². The monoisotopic (exact) mass is 329 g/mol. The molecular formula is C14H20FN3O3S. The first-order chi connectivity index (χ1) is 10.3. The molecule has 1 saturated heterocycles. The van der Waals surface area contributed by atoms with E-state index in [0.29, 0.717) is 19.4 Å². The number of carbonyl (C=O) groups is 1. The molecule has 0 spiro atoms. The molecule has 1 aromatic carbocycles. The quantitative estimate of drug-likeness (QED) is 0.905. The van der Waals surface area contributed by atoms with Gasteiger partial charge in [0.05, 0.1) is 11.6 Å². The van der Waals surface area contributed by atoms with Crippen molar-refractivity contribution in [2.45, 2.75) is 12.8 Å². The van der Waals surface area contributed by atoms with E-state index in [4.69, 9.17) is 0 Å². The van der Waals surface area contributed by atoms with Gasteiger partial charge in [-0.15, -0.1) is 0 Å². The summed E-state index contributed by atoms with van der Waals surface area (Å²) in [7, 11) is -0.621. The van der Waals surface area contributed by atoms with Crippen LogP contribution in [0.4, 0.5) is 10.1 Å². The Morgan fingerprint density at radius 2 is 2.05 bits per heavy atom. The minimum atomic E-state index is -3.53. The van der Waals surface area contributed by atoms with Crippen molar-refractivity contribution in [1.82, 2.24) is 8.61 Å². The fourth-order valence-corrected chi connectivity index (χ4v) is 3.58. The zero-order valence-corrected chi connectivity index (χ0v) is 13.4. The fourth-order valence-electron chi connectivity index (χ4n) is 2.39. The number of anilines is 1. The number of rotatable bonds is 4. The summed E-state index contributed by atoms with van der Waals surface area (Å²) in [6.07, 6.45) is 1.18. The standard InChI is InChI=1S/C14H20FN3O3S/c1-17(2)22(20,21)18-9-5-6-11(10-18)14(19)16-13-8-4-3-7-12(13)15/h3-4,7-8,11H,5-6,9-10H2,1-2H3,(H,16,19)/t11-/m1/s1. The Labute approximate surface area is 130 Å². The minimum absolute atomic E-state index is 0.111. The molecule has 1 fully saturated rings. The lowest BCUT2D eigenvalue weighted by atomic mass is 9.98. The highest BCUT2D eigenvalue weighted by atomic mass is 32.2. The number of nitrogens with zero attached hydrogens (tertiary/aromatic N) is 2. The first-order valence-electron chi connectivity index (χ1n) is 7.05. The van der Waals surface area contributed by atoms with Crippen molar-refractivity contribution in [1.29, 1.82) is 0 Å². The Balaban J connectivity index is 2.06. The highest BCUT2D eigenvalue weighted by Crippen LogP contribution is 2.22. The number of hydrogen-bond donors (Lipinski definition) is 1. The maximum atomic E-state index is 13.6. The van der Waals surface area contributed by atoms with Crippen LogP contribution in [0, 0.1) is 11.7 Å². The molecule has 0 bridgehead atoms. The van der Waals surface area contributed by atoms with Gasteiger partial charge < -0.3 is 5.32 Å². The zero-order chi connectivity index (χ0) is 16.3. The predicted molar refractivity (Wildman–Crippen MR) is 81.9 cm³/mol.